The molecular formula is C37H40O10. The number of carbonyl (C=O) groups is 2. The van der Waals surface area contributed by atoms with Crippen molar-refractivity contribution >= 4 is 11.9 Å². The lowest BCUT2D eigenvalue weighted by Crippen LogP contribution is -2.19. The van der Waals surface area contributed by atoms with Crippen LogP contribution in [0.15, 0.2) is 66.7 Å². The smallest absolute Gasteiger partial charge is 0.343 e. The second-order valence-corrected chi connectivity index (χ2v) is 12.8. The number of ether oxygens (including phenoxy) is 8. The van der Waals surface area contributed by atoms with Crippen LogP contribution in [0.2, 0.25) is 0 Å². The summed E-state index contributed by atoms with van der Waals surface area (Å²) < 4.78 is 45.0. The minimum atomic E-state index is -0.512. The van der Waals surface area contributed by atoms with E-state index in [9.17, 15) is 9.59 Å². The lowest BCUT2D eigenvalue weighted by molar-refractivity contribution is -0.00696. The fraction of sp³-hybridized carbons (Fsp3) is 0.459. The van der Waals surface area contributed by atoms with E-state index in [0.717, 1.165) is 38.5 Å². The van der Waals surface area contributed by atoms with E-state index >= 15 is 0 Å². The maximum Gasteiger partial charge on any atom is 0.343 e. The van der Waals surface area contributed by atoms with Gasteiger partial charge in [-0.1, -0.05) is 0 Å². The summed E-state index contributed by atoms with van der Waals surface area (Å²) in [6, 6.07) is 18.3. The molecule has 6 atom stereocenters. The molecule has 0 aromatic heterocycles. The van der Waals surface area contributed by atoms with Crippen molar-refractivity contribution in [1.82, 2.24) is 0 Å². The highest BCUT2D eigenvalue weighted by molar-refractivity contribution is 5.92. The summed E-state index contributed by atoms with van der Waals surface area (Å²) in [6.07, 6.45) is 8.47. The summed E-state index contributed by atoms with van der Waals surface area (Å²) in [5.41, 5.74) is 1.40. The van der Waals surface area contributed by atoms with E-state index in [1.54, 1.807) is 73.7 Å². The molecule has 3 aromatic carbocycles. The zero-order chi connectivity index (χ0) is 32.2. The maximum atomic E-state index is 12.8. The van der Waals surface area contributed by atoms with Gasteiger partial charge in [-0.05, 0) is 130 Å². The third-order valence-electron chi connectivity index (χ3n) is 9.29. The Bertz CT molecular complexity index is 1540. The highest BCUT2D eigenvalue weighted by Crippen LogP contribution is 2.40. The number of esters is 2. The Labute approximate surface area is 274 Å². The summed E-state index contributed by atoms with van der Waals surface area (Å²) in [5, 5.41) is 0. The summed E-state index contributed by atoms with van der Waals surface area (Å²) in [6.45, 7) is 3.40. The Morgan fingerprint density at radius 2 is 1.11 bits per heavy atom. The van der Waals surface area contributed by atoms with Crippen LogP contribution in [-0.2, 0) is 18.9 Å². The fourth-order valence-corrected chi connectivity index (χ4v) is 6.42. The van der Waals surface area contributed by atoms with Crippen LogP contribution in [0.4, 0.5) is 0 Å². The molecule has 4 aliphatic rings. The predicted molar refractivity (Wildman–Crippen MR) is 169 cm³/mol. The van der Waals surface area contributed by atoms with Crippen molar-refractivity contribution in [3.8, 4) is 23.0 Å². The van der Waals surface area contributed by atoms with Gasteiger partial charge in [-0.2, -0.15) is 0 Å². The average Bonchev–Trinajstić information content (AvgIpc) is 4.02. The lowest BCUT2D eigenvalue weighted by Gasteiger charge is -2.18. The first kappa shape index (κ1) is 31.6. The standard InChI is InChI=1S/C37H40O10/c1-23-16-30(44-36(38)26-4-8-28(9-5-26)42-21-40-19-24-2-13-32-34(17-24)45-32)12-15-31(23)47-37(39)27-6-10-29(11-7-27)43-22-41-20-25-3-14-33-35(18-25)46-33/h4-12,15-16,24-25,32-35H,2-3,13-14,17-22H2,1H3. The molecule has 0 bridgehead atoms. The van der Waals surface area contributed by atoms with Crippen molar-refractivity contribution < 1.29 is 47.5 Å². The number of aryl methyl sites for hydroxylation is 1. The van der Waals surface area contributed by atoms with Gasteiger partial charge in [0.1, 0.15) is 23.0 Å². The molecule has 10 nitrogen and oxygen atoms in total. The molecule has 0 N–H and O–H groups in total. The maximum absolute atomic E-state index is 12.8. The van der Waals surface area contributed by atoms with E-state index in [-0.39, 0.29) is 13.6 Å². The number of hydrogen-bond donors (Lipinski definition) is 0. The molecule has 7 rings (SSSR count). The molecular weight excluding hydrogens is 604 g/mol. The minimum Gasteiger partial charge on any atom is -0.468 e. The summed E-state index contributed by atoms with van der Waals surface area (Å²) >= 11 is 0. The Morgan fingerprint density at radius 3 is 1.60 bits per heavy atom. The van der Waals surface area contributed by atoms with Crippen molar-refractivity contribution in [3.05, 3.63) is 83.4 Å². The number of epoxide rings is 2. The van der Waals surface area contributed by atoms with Gasteiger partial charge in [0, 0.05) is 0 Å². The van der Waals surface area contributed by atoms with Crippen molar-refractivity contribution in [2.75, 3.05) is 26.8 Å². The number of fused-ring (bicyclic) bond motifs is 2. The van der Waals surface area contributed by atoms with Crippen LogP contribution in [0.3, 0.4) is 0 Å². The summed E-state index contributed by atoms with van der Waals surface area (Å²) in [7, 11) is 0. The van der Waals surface area contributed by atoms with Gasteiger partial charge in [0.2, 0.25) is 0 Å². The van der Waals surface area contributed by atoms with Gasteiger partial charge in [0.25, 0.3) is 0 Å². The highest BCUT2D eigenvalue weighted by atomic mass is 16.7. The average molecular weight is 645 g/mol. The summed E-state index contributed by atoms with van der Waals surface area (Å²) in [5.74, 6) is 1.93. The molecule has 2 saturated carbocycles. The first-order valence-electron chi connectivity index (χ1n) is 16.4. The van der Waals surface area contributed by atoms with Gasteiger partial charge in [0.05, 0.1) is 48.8 Å². The van der Waals surface area contributed by atoms with Gasteiger partial charge in [-0.25, -0.2) is 9.59 Å². The van der Waals surface area contributed by atoms with Crippen LogP contribution >= 0.6 is 0 Å². The zero-order valence-electron chi connectivity index (χ0n) is 26.5. The Hall–Kier alpha value is -3.96. The van der Waals surface area contributed by atoms with E-state index in [0.29, 0.717) is 89.2 Å². The third-order valence-corrected chi connectivity index (χ3v) is 9.29. The number of hydrogen-bond acceptors (Lipinski definition) is 10. The molecule has 47 heavy (non-hydrogen) atoms. The fourth-order valence-electron chi connectivity index (χ4n) is 6.42. The molecule has 0 radical (unpaired) electrons. The summed E-state index contributed by atoms with van der Waals surface area (Å²) in [4.78, 5) is 25.5. The number of carbonyl (C=O) groups excluding carboxylic acids is 2. The number of benzene rings is 3. The molecule has 0 amide bonds. The molecule has 2 saturated heterocycles. The predicted octanol–water partition coefficient (Wildman–Crippen LogP) is 6.27. The Balaban J connectivity index is 0.818. The SMILES string of the molecule is Cc1cc(OC(=O)c2ccc(OCOCC3CCC4OC4C3)cc2)ccc1OC(=O)c1ccc(OCOCC2CCC3OC3C2)cc1. The highest BCUT2D eigenvalue weighted by Gasteiger charge is 2.44. The van der Waals surface area contributed by atoms with Crippen LogP contribution in [0.1, 0.15) is 64.8 Å². The largest absolute Gasteiger partial charge is 0.468 e. The molecule has 3 aromatic rings. The second kappa shape index (κ2) is 14.4. The van der Waals surface area contributed by atoms with Crippen LogP contribution in [0.5, 0.6) is 23.0 Å². The van der Waals surface area contributed by atoms with Gasteiger partial charge >= 0.3 is 11.9 Å². The zero-order valence-corrected chi connectivity index (χ0v) is 26.5. The third kappa shape index (κ3) is 8.50. The molecule has 6 unspecified atom stereocenters. The van der Waals surface area contributed by atoms with Crippen LogP contribution in [0.25, 0.3) is 0 Å². The van der Waals surface area contributed by atoms with Gasteiger partial charge < -0.3 is 37.9 Å². The van der Waals surface area contributed by atoms with Gasteiger partial charge in [-0.15, -0.1) is 0 Å². The van der Waals surface area contributed by atoms with Crippen molar-refractivity contribution in [2.45, 2.75) is 69.9 Å². The van der Waals surface area contributed by atoms with E-state index < -0.39 is 11.9 Å². The molecule has 2 aliphatic heterocycles. The van der Waals surface area contributed by atoms with E-state index in [4.69, 9.17) is 37.9 Å². The van der Waals surface area contributed by atoms with Crippen molar-refractivity contribution in [2.24, 2.45) is 11.8 Å². The Morgan fingerprint density at radius 1 is 0.617 bits per heavy atom. The van der Waals surface area contributed by atoms with E-state index in [1.165, 1.54) is 0 Å². The van der Waals surface area contributed by atoms with Crippen molar-refractivity contribution in [1.29, 1.82) is 0 Å². The number of rotatable bonds is 14. The second-order valence-electron chi connectivity index (χ2n) is 12.8. The van der Waals surface area contributed by atoms with E-state index in [1.807, 2.05) is 0 Å². The monoisotopic (exact) mass is 644 g/mol. The molecule has 10 heteroatoms. The molecule has 0 spiro atoms. The van der Waals surface area contributed by atoms with Gasteiger partial charge in [-0.3, -0.25) is 0 Å². The topological polar surface area (TPSA) is 115 Å². The Kier molecular flexibility index (Phi) is 9.71. The van der Waals surface area contributed by atoms with Crippen LogP contribution < -0.4 is 18.9 Å². The quantitative estimate of drug-likeness (QED) is 0.0654. The lowest BCUT2D eigenvalue weighted by atomic mass is 9.90. The first-order valence-corrected chi connectivity index (χ1v) is 16.4. The normalized spacial score (nSPS) is 25.6. The van der Waals surface area contributed by atoms with Crippen LogP contribution in [-0.4, -0.2) is 63.2 Å². The molecule has 2 heterocycles. The molecule has 2 aliphatic carbocycles. The van der Waals surface area contributed by atoms with Crippen molar-refractivity contribution in [3.63, 3.8) is 0 Å². The molecule has 4 fully saturated rings. The van der Waals surface area contributed by atoms with E-state index in [2.05, 4.69) is 0 Å². The van der Waals surface area contributed by atoms with Crippen LogP contribution in [0, 0.1) is 18.8 Å². The minimum absolute atomic E-state index is 0.151. The molecule has 248 valence electrons. The first-order chi connectivity index (χ1) is 23.0. The van der Waals surface area contributed by atoms with Gasteiger partial charge in [0.15, 0.2) is 13.6 Å².